The Hall–Kier alpha value is -0.570. The summed E-state index contributed by atoms with van der Waals surface area (Å²) in [6.07, 6.45) is 5.04. The van der Waals surface area contributed by atoms with Gasteiger partial charge in [0.2, 0.25) is 5.91 Å². The fourth-order valence-electron chi connectivity index (χ4n) is 2.56. The molecule has 76 valence electrons. The van der Waals surface area contributed by atoms with Crippen LogP contribution in [-0.2, 0) is 4.79 Å². The molecule has 0 aromatic heterocycles. The van der Waals surface area contributed by atoms with Crippen LogP contribution in [0, 0.1) is 11.3 Å². The van der Waals surface area contributed by atoms with Crippen molar-refractivity contribution in [2.24, 2.45) is 22.8 Å². The largest absolute Gasteiger partial charge is 0.370 e. The van der Waals surface area contributed by atoms with E-state index < -0.39 is 0 Å². The van der Waals surface area contributed by atoms with Gasteiger partial charge in [-0.25, -0.2) is 0 Å². The highest BCUT2D eigenvalue weighted by Crippen LogP contribution is 2.40. The van der Waals surface area contributed by atoms with Crippen molar-refractivity contribution in [3.8, 4) is 0 Å². The maximum atomic E-state index is 10.9. The predicted octanol–water partition coefficient (Wildman–Crippen LogP) is 1.02. The van der Waals surface area contributed by atoms with Crippen LogP contribution in [0.25, 0.3) is 0 Å². The van der Waals surface area contributed by atoms with Crippen LogP contribution in [-0.4, -0.2) is 12.5 Å². The molecule has 0 spiro atoms. The second kappa shape index (κ2) is 4.09. The Kier molecular flexibility index (Phi) is 3.31. The zero-order chi connectivity index (χ0) is 9.90. The van der Waals surface area contributed by atoms with E-state index in [2.05, 4.69) is 6.92 Å². The molecule has 3 nitrogen and oxygen atoms in total. The Bertz CT molecular complexity index is 193. The molecule has 0 radical (unpaired) electrons. The van der Waals surface area contributed by atoms with E-state index in [0.29, 0.717) is 18.9 Å². The Morgan fingerprint density at radius 1 is 1.62 bits per heavy atom. The minimum absolute atomic E-state index is 0.0174. The smallest absolute Gasteiger partial charge is 0.218 e. The first-order valence-corrected chi connectivity index (χ1v) is 5.06. The molecular weight excluding hydrogens is 164 g/mol. The third-order valence-electron chi connectivity index (χ3n) is 3.17. The van der Waals surface area contributed by atoms with Gasteiger partial charge >= 0.3 is 0 Å². The molecule has 0 aromatic carbocycles. The molecule has 1 aliphatic carbocycles. The number of rotatable bonds is 3. The van der Waals surface area contributed by atoms with E-state index in [9.17, 15) is 4.79 Å². The number of primary amides is 1. The van der Waals surface area contributed by atoms with Gasteiger partial charge in [-0.3, -0.25) is 4.79 Å². The van der Waals surface area contributed by atoms with Crippen molar-refractivity contribution >= 4 is 5.91 Å². The second-order valence-corrected chi connectivity index (χ2v) is 4.55. The van der Waals surface area contributed by atoms with Crippen LogP contribution in [0.3, 0.4) is 0 Å². The van der Waals surface area contributed by atoms with Crippen LogP contribution in [0.15, 0.2) is 0 Å². The summed E-state index contributed by atoms with van der Waals surface area (Å²) in [7, 11) is 0. The lowest BCUT2D eigenvalue weighted by molar-refractivity contribution is -0.120. The van der Waals surface area contributed by atoms with Crippen molar-refractivity contribution in [1.29, 1.82) is 0 Å². The molecule has 2 unspecified atom stereocenters. The van der Waals surface area contributed by atoms with E-state index >= 15 is 0 Å². The fraction of sp³-hybridized carbons (Fsp3) is 0.900. The topological polar surface area (TPSA) is 69.1 Å². The number of nitrogens with two attached hydrogens (primary N) is 2. The third kappa shape index (κ3) is 2.69. The first kappa shape index (κ1) is 10.5. The summed E-state index contributed by atoms with van der Waals surface area (Å²) in [6.45, 7) is 2.82. The number of hydrogen-bond acceptors (Lipinski definition) is 2. The van der Waals surface area contributed by atoms with Crippen molar-refractivity contribution in [2.75, 3.05) is 6.54 Å². The quantitative estimate of drug-likeness (QED) is 0.687. The first-order chi connectivity index (χ1) is 6.08. The van der Waals surface area contributed by atoms with Crippen molar-refractivity contribution in [3.05, 3.63) is 0 Å². The van der Waals surface area contributed by atoms with Gasteiger partial charge < -0.3 is 11.5 Å². The highest BCUT2D eigenvalue weighted by atomic mass is 16.1. The van der Waals surface area contributed by atoms with Crippen molar-refractivity contribution in [2.45, 2.75) is 39.0 Å². The van der Waals surface area contributed by atoms with Crippen molar-refractivity contribution in [1.82, 2.24) is 0 Å². The van der Waals surface area contributed by atoms with Gasteiger partial charge in [-0.1, -0.05) is 19.8 Å². The zero-order valence-corrected chi connectivity index (χ0v) is 8.38. The lowest BCUT2D eigenvalue weighted by atomic mass is 9.68. The molecule has 0 saturated heterocycles. The van der Waals surface area contributed by atoms with E-state index in [1.807, 2.05) is 0 Å². The molecule has 1 aliphatic rings. The standard InChI is InChI=1S/C10H20N2O/c1-8-3-2-4-10(5-8,7-11)6-9(12)13/h8H,2-7,11H2,1H3,(H2,12,13). The molecule has 13 heavy (non-hydrogen) atoms. The average molecular weight is 184 g/mol. The molecular formula is C10H20N2O. The highest BCUT2D eigenvalue weighted by molar-refractivity contribution is 5.74. The highest BCUT2D eigenvalue weighted by Gasteiger charge is 2.34. The molecule has 1 amide bonds. The number of carbonyl (C=O) groups is 1. The van der Waals surface area contributed by atoms with E-state index in [1.54, 1.807) is 0 Å². The van der Waals surface area contributed by atoms with Gasteiger partial charge in [0, 0.05) is 6.42 Å². The summed E-state index contributed by atoms with van der Waals surface area (Å²) in [5.74, 6) is 0.483. The molecule has 1 saturated carbocycles. The van der Waals surface area contributed by atoms with Crippen LogP contribution >= 0.6 is 0 Å². The Morgan fingerprint density at radius 3 is 2.77 bits per heavy atom. The van der Waals surface area contributed by atoms with Crippen LogP contribution in [0.5, 0.6) is 0 Å². The minimum Gasteiger partial charge on any atom is -0.370 e. The van der Waals surface area contributed by atoms with E-state index in [-0.39, 0.29) is 11.3 Å². The van der Waals surface area contributed by atoms with Gasteiger partial charge in [0.25, 0.3) is 0 Å². The Morgan fingerprint density at radius 2 is 2.31 bits per heavy atom. The SMILES string of the molecule is CC1CCCC(CN)(CC(N)=O)C1. The van der Waals surface area contributed by atoms with Crippen LogP contribution in [0.1, 0.15) is 39.0 Å². The summed E-state index contributed by atoms with van der Waals surface area (Å²) in [5, 5.41) is 0. The molecule has 4 N–H and O–H groups in total. The zero-order valence-electron chi connectivity index (χ0n) is 8.38. The second-order valence-electron chi connectivity index (χ2n) is 4.55. The summed E-state index contributed by atoms with van der Waals surface area (Å²) in [5.41, 5.74) is 11.0. The Balaban J connectivity index is 2.61. The first-order valence-electron chi connectivity index (χ1n) is 5.06. The lowest BCUT2D eigenvalue weighted by Crippen LogP contribution is -2.38. The minimum atomic E-state index is -0.209. The normalized spacial score (nSPS) is 34.5. The fourth-order valence-corrected chi connectivity index (χ4v) is 2.56. The van der Waals surface area contributed by atoms with Gasteiger partial charge in [-0.2, -0.15) is 0 Å². The van der Waals surface area contributed by atoms with E-state index in [0.717, 1.165) is 12.8 Å². The Labute approximate surface area is 79.9 Å². The van der Waals surface area contributed by atoms with E-state index in [4.69, 9.17) is 11.5 Å². The van der Waals surface area contributed by atoms with Gasteiger partial charge in [-0.15, -0.1) is 0 Å². The maximum Gasteiger partial charge on any atom is 0.218 e. The van der Waals surface area contributed by atoms with E-state index in [1.165, 1.54) is 12.8 Å². The van der Waals surface area contributed by atoms with Gasteiger partial charge in [0.1, 0.15) is 0 Å². The van der Waals surface area contributed by atoms with Crippen LogP contribution in [0.4, 0.5) is 0 Å². The third-order valence-corrected chi connectivity index (χ3v) is 3.17. The summed E-state index contributed by atoms with van der Waals surface area (Å²) in [4.78, 5) is 10.9. The van der Waals surface area contributed by atoms with Crippen LogP contribution in [0.2, 0.25) is 0 Å². The lowest BCUT2D eigenvalue weighted by Gasteiger charge is -2.38. The summed E-state index contributed by atoms with van der Waals surface area (Å²) in [6, 6.07) is 0. The number of carbonyl (C=O) groups excluding carboxylic acids is 1. The molecule has 1 rings (SSSR count). The maximum absolute atomic E-state index is 10.9. The van der Waals surface area contributed by atoms with Gasteiger partial charge in [-0.05, 0) is 30.7 Å². The van der Waals surface area contributed by atoms with Crippen molar-refractivity contribution < 1.29 is 4.79 Å². The molecule has 0 bridgehead atoms. The molecule has 0 aliphatic heterocycles. The number of amides is 1. The molecule has 0 heterocycles. The molecule has 3 heteroatoms. The molecule has 0 aromatic rings. The monoisotopic (exact) mass is 184 g/mol. The predicted molar refractivity (Wildman–Crippen MR) is 52.9 cm³/mol. The summed E-state index contributed by atoms with van der Waals surface area (Å²) >= 11 is 0. The van der Waals surface area contributed by atoms with Crippen molar-refractivity contribution in [3.63, 3.8) is 0 Å². The van der Waals surface area contributed by atoms with Gasteiger partial charge in [0.05, 0.1) is 0 Å². The molecule has 2 atom stereocenters. The van der Waals surface area contributed by atoms with Crippen LogP contribution < -0.4 is 11.5 Å². The number of hydrogen-bond donors (Lipinski definition) is 2. The summed E-state index contributed by atoms with van der Waals surface area (Å²) < 4.78 is 0. The average Bonchev–Trinajstić information content (AvgIpc) is 2.03. The van der Waals surface area contributed by atoms with Gasteiger partial charge in [0.15, 0.2) is 0 Å². The molecule has 1 fully saturated rings.